The molecule has 0 radical (unpaired) electrons. The number of nitrogens with one attached hydrogen (secondary N) is 1. The van der Waals surface area contributed by atoms with E-state index in [0.717, 1.165) is 39.1 Å². The van der Waals surface area contributed by atoms with Gasteiger partial charge in [0.2, 0.25) is 5.16 Å². The van der Waals surface area contributed by atoms with Gasteiger partial charge in [0.25, 0.3) is 9.70 Å². The predicted molar refractivity (Wildman–Crippen MR) is 182 cm³/mol. The van der Waals surface area contributed by atoms with Crippen molar-refractivity contribution < 1.29 is 19.4 Å². The highest BCUT2D eigenvalue weighted by molar-refractivity contribution is 7.99. The first-order valence-electron chi connectivity index (χ1n) is 14.8. The van der Waals surface area contributed by atoms with E-state index in [9.17, 15) is 9.90 Å². The minimum Gasteiger partial charge on any atom is -0.392 e. The summed E-state index contributed by atoms with van der Waals surface area (Å²) in [5, 5.41) is 25.2. The number of nitrogens with zero attached hydrogens (tertiary/aromatic N) is 4. The Balaban J connectivity index is 1.21. The Bertz CT molecular complexity index is 1790. The summed E-state index contributed by atoms with van der Waals surface area (Å²) in [4.78, 5) is 12.1. The van der Waals surface area contributed by atoms with Crippen LogP contribution in [0.1, 0.15) is 41.1 Å². The molecule has 1 aliphatic heterocycles. The summed E-state index contributed by atoms with van der Waals surface area (Å²) in [5.74, 6) is -0.0898. The number of alkyl halides is 3. The predicted octanol–water partition coefficient (Wildman–Crippen LogP) is 7.15. The lowest BCUT2D eigenvalue weighted by molar-refractivity contribution is -0.245. The number of hydrogen-bond acceptors (Lipinski definition) is 8. The van der Waals surface area contributed by atoms with Crippen LogP contribution in [-0.4, -0.2) is 46.9 Å². The number of rotatable bonds is 10. The lowest BCUT2D eigenvalue weighted by Crippen LogP contribution is -2.34. The van der Waals surface area contributed by atoms with Crippen LogP contribution in [0.2, 0.25) is 0 Å². The standard InChI is InChI=1S/C34H30Cl3N5O4S/c35-34(36,37)32(44)38-19-26-6-4-5-9-29(26)23-14-16-25(17-15-23)31-45-28(18-30(46-31)24-12-10-22(20-43)11-13-24)21-47-33-39-40-41-42(33)27-7-2-1-3-8-27/h1-17,28,30-31,43H,18-21H2,(H,38,44). The number of para-hydroxylation sites is 1. The number of ether oxygens (including phenoxy) is 2. The molecule has 4 aromatic carbocycles. The van der Waals surface area contributed by atoms with Crippen molar-refractivity contribution in [2.45, 2.75) is 47.0 Å². The normalized spacial score (nSPS) is 18.2. The summed E-state index contributed by atoms with van der Waals surface area (Å²) in [6.07, 6.45) is -0.418. The monoisotopic (exact) mass is 709 g/mol. The van der Waals surface area contributed by atoms with Crippen molar-refractivity contribution in [1.82, 2.24) is 25.5 Å². The summed E-state index contributed by atoms with van der Waals surface area (Å²) in [7, 11) is 0. The molecule has 13 heteroatoms. The van der Waals surface area contributed by atoms with Crippen LogP contribution in [-0.2, 0) is 27.4 Å². The van der Waals surface area contributed by atoms with Gasteiger partial charge in [-0.25, -0.2) is 0 Å². The highest BCUT2D eigenvalue weighted by Gasteiger charge is 2.33. The number of aromatic nitrogens is 4. The first-order chi connectivity index (χ1) is 22.8. The third kappa shape index (κ3) is 8.33. The van der Waals surface area contributed by atoms with Gasteiger partial charge in [0.05, 0.1) is 24.5 Å². The average Bonchev–Trinajstić information content (AvgIpc) is 3.58. The lowest BCUT2D eigenvalue weighted by atomic mass is 9.98. The fourth-order valence-electron chi connectivity index (χ4n) is 5.24. The van der Waals surface area contributed by atoms with Gasteiger partial charge in [0, 0.05) is 24.3 Å². The molecule has 6 rings (SSSR count). The van der Waals surface area contributed by atoms with Gasteiger partial charge in [-0.2, -0.15) is 4.68 Å². The number of amides is 1. The van der Waals surface area contributed by atoms with E-state index >= 15 is 0 Å². The first-order valence-corrected chi connectivity index (χ1v) is 16.9. The first kappa shape index (κ1) is 33.4. The zero-order chi connectivity index (χ0) is 32.8. The minimum atomic E-state index is -2.04. The van der Waals surface area contributed by atoms with Gasteiger partial charge in [-0.3, -0.25) is 4.79 Å². The van der Waals surface area contributed by atoms with E-state index in [-0.39, 0.29) is 25.4 Å². The molecule has 0 aliphatic carbocycles. The molecule has 1 aromatic heterocycles. The Hall–Kier alpha value is -3.48. The molecule has 1 saturated heterocycles. The fraction of sp³-hybridized carbons (Fsp3) is 0.235. The number of carbonyl (C=O) groups excluding carboxylic acids is 1. The molecule has 0 bridgehead atoms. The fourth-order valence-corrected chi connectivity index (χ4v) is 6.35. The zero-order valence-corrected chi connectivity index (χ0v) is 28.0. The maximum atomic E-state index is 12.1. The van der Waals surface area contributed by atoms with E-state index in [4.69, 9.17) is 44.3 Å². The number of thioether (sulfide) groups is 1. The van der Waals surface area contributed by atoms with Crippen LogP contribution in [0.25, 0.3) is 16.8 Å². The Morgan fingerprint density at radius 2 is 1.62 bits per heavy atom. The third-order valence-electron chi connectivity index (χ3n) is 7.66. The van der Waals surface area contributed by atoms with Gasteiger partial charge in [0.15, 0.2) is 6.29 Å². The number of carbonyl (C=O) groups is 1. The summed E-state index contributed by atoms with van der Waals surface area (Å²) < 4.78 is 12.7. The maximum absolute atomic E-state index is 12.1. The molecule has 2 heterocycles. The lowest BCUT2D eigenvalue weighted by Gasteiger charge is -2.36. The molecular weight excluding hydrogens is 681 g/mol. The van der Waals surface area contributed by atoms with Gasteiger partial charge < -0.3 is 19.9 Å². The smallest absolute Gasteiger partial charge is 0.272 e. The molecule has 0 spiro atoms. The molecule has 9 nitrogen and oxygen atoms in total. The summed E-state index contributed by atoms with van der Waals surface area (Å²) >= 11 is 18.7. The Morgan fingerprint density at radius 3 is 2.34 bits per heavy atom. The van der Waals surface area contributed by atoms with Gasteiger partial charge in [0.1, 0.15) is 0 Å². The average molecular weight is 711 g/mol. The molecule has 47 heavy (non-hydrogen) atoms. The van der Waals surface area contributed by atoms with Crippen LogP contribution < -0.4 is 5.32 Å². The second-order valence-electron chi connectivity index (χ2n) is 10.8. The van der Waals surface area contributed by atoms with E-state index in [1.165, 1.54) is 11.8 Å². The summed E-state index contributed by atoms with van der Waals surface area (Å²) in [6.45, 7) is 0.171. The number of aliphatic hydroxyl groups is 1. The van der Waals surface area contributed by atoms with Crippen molar-refractivity contribution in [2.75, 3.05) is 5.75 Å². The van der Waals surface area contributed by atoms with Crippen molar-refractivity contribution in [1.29, 1.82) is 0 Å². The zero-order valence-electron chi connectivity index (χ0n) is 24.9. The molecule has 5 aromatic rings. The SMILES string of the molecule is O=C(NCc1ccccc1-c1ccc(C2OC(CSc3nnnn3-c3ccccc3)CC(c3ccc(CO)cc3)O2)cc1)C(Cl)(Cl)Cl. The van der Waals surface area contributed by atoms with Crippen LogP contribution in [0.5, 0.6) is 0 Å². The Kier molecular flexibility index (Phi) is 10.8. The van der Waals surface area contributed by atoms with E-state index < -0.39 is 16.0 Å². The van der Waals surface area contributed by atoms with Crippen LogP contribution in [0, 0.1) is 0 Å². The molecule has 1 amide bonds. The molecule has 1 aliphatic rings. The quantitative estimate of drug-likeness (QED) is 0.116. The molecule has 0 saturated carbocycles. The van der Waals surface area contributed by atoms with Gasteiger partial charge in [-0.05, 0) is 50.4 Å². The highest BCUT2D eigenvalue weighted by Crippen LogP contribution is 2.40. The Labute approximate surface area is 291 Å². The highest BCUT2D eigenvalue weighted by atomic mass is 35.6. The van der Waals surface area contributed by atoms with Crippen LogP contribution in [0.3, 0.4) is 0 Å². The van der Waals surface area contributed by atoms with Gasteiger partial charge in [-0.15, -0.1) is 5.10 Å². The number of hydrogen-bond donors (Lipinski definition) is 2. The van der Waals surface area contributed by atoms with Crippen molar-refractivity contribution in [3.05, 3.63) is 125 Å². The van der Waals surface area contributed by atoms with Gasteiger partial charge >= 0.3 is 0 Å². The van der Waals surface area contributed by atoms with Crippen LogP contribution in [0.4, 0.5) is 0 Å². The topological polar surface area (TPSA) is 111 Å². The van der Waals surface area contributed by atoms with E-state index in [2.05, 4.69) is 20.8 Å². The van der Waals surface area contributed by atoms with Crippen molar-refractivity contribution in [2.24, 2.45) is 0 Å². The van der Waals surface area contributed by atoms with Crippen molar-refractivity contribution in [3.8, 4) is 16.8 Å². The number of benzene rings is 4. The molecule has 1 fully saturated rings. The number of aliphatic hydroxyl groups excluding tert-OH is 1. The largest absolute Gasteiger partial charge is 0.392 e. The van der Waals surface area contributed by atoms with E-state index in [0.29, 0.717) is 17.3 Å². The van der Waals surface area contributed by atoms with Crippen LogP contribution in [0.15, 0.2) is 108 Å². The maximum Gasteiger partial charge on any atom is 0.272 e. The molecule has 3 atom stereocenters. The molecule has 3 unspecified atom stereocenters. The van der Waals surface area contributed by atoms with Crippen molar-refractivity contribution in [3.63, 3.8) is 0 Å². The van der Waals surface area contributed by atoms with Crippen LogP contribution >= 0.6 is 46.6 Å². The number of halogens is 3. The molecule has 2 N–H and O–H groups in total. The summed E-state index contributed by atoms with van der Waals surface area (Å²) in [6, 6.07) is 33.2. The summed E-state index contributed by atoms with van der Waals surface area (Å²) in [5.41, 5.74) is 6.32. The van der Waals surface area contributed by atoms with E-state index in [1.54, 1.807) is 4.68 Å². The molecule has 242 valence electrons. The second-order valence-corrected chi connectivity index (χ2v) is 14.1. The van der Waals surface area contributed by atoms with Crippen molar-refractivity contribution >= 4 is 52.5 Å². The molecular formula is C34H30Cl3N5O4S. The van der Waals surface area contributed by atoms with E-state index in [1.807, 2.05) is 103 Å². The number of tetrazole rings is 1. The Morgan fingerprint density at radius 1 is 0.915 bits per heavy atom. The second kappa shape index (κ2) is 15.2. The third-order valence-corrected chi connectivity index (χ3v) is 9.23. The van der Waals surface area contributed by atoms with Gasteiger partial charge in [-0.1, -0.05) is 138 Å². The minimum absolute atomic E-state index is 0.0261.